The second kappa shape index (κ2) is 7.30. The number of hydrogen-bond donors (Lipinski definition) is 1. The van der Waals surface area contributed by atoms with Crippen LogP contribution < -0.4 is 4.74 Å². The first kappa shape index (κ1) is 19.6. The topological polar surface area (TPSA) is 52.5 Å². The molecule has 6 heteroatoms. The Morgan fingerprint density at radius 3 is 2.90 bits per heavy atom. The van der Waals surface area contributed by atoms with Gasteiger partial charge in [0.2, 0.25) is 11.2 Å². The van der Waals surface area contributed by atoms with Crippen LogP contribution in [-0.2, 0) is 4.79 Å². The number of amides is 1. The van der Waals surface area contributed by atoms with Crippen LogP contribution in [0.2, 0.25) is 0 Å². The highest BCUT2D eigenvalue weighted by Gasteiger charge is 2.56. The number of phenolic OH excluding ortho intramolecular Hbond substituents is 1. The Balaban J connectivity index is 1.89. The van der Waals surface area contributed by atoms with Gasteiger partial charge in [-0.2, -0.15) is 0 Å². The van der Waals surface area contributed by atoms with Gasteiger partial charge in [0, 0.05) is 26.2 Å². The van der Waals surface area contributed by atoms with E-state index in [-0.39, 0.29) is 11.7 Å². The summed E-state index contributed by atoms with van der Waals surface area (Å²) in [5, 5.41) is 10.5. The molecular formula is C23H25ClN2O3+2. The second-order valence-corrected chi connectivity index (χ2v) is 8.25. The maximum Gasteiger partial charge on any atom is 0.417 e. The van der Waals surface area contributed by atoms with Crippen molar-refractivity contribution in [1.29, 1.82) is 0 Å². The zero-order chi connectivity index (χ0) is 20.8. The lowest BCUT2D eigenvalue weighted by Crippen LogP contribution is -2.49. The lowest BCUT2D eigenvalue weighted by Gasteiger charge is -2.39. The molecule has 1 N–H and O–H groups in total. The van der Waals surface area contributed by atoms with E-state index in [0.717, 1.165) is 30.5 Å². The fourth-order valence-corrected chi connectivity index (χ4v) is 5.24. The highest BCUT2D eigenvalue weighted by molar-refractivity contribution is 6.08. The second-order valence-electron chi connectivity index (χ2n) is 7.89. The van der Waals surface area contributed by atoms with Crippen molar-refractivity contribution in [3.63, 3.8) is 0 Å². The van der Waals surface area contributed by atoms with Crippen LogP contribution in [0, 0.1) is 5.92 Å². The van der Waals surface area contributed by atoms with E-state index in [1.165, 1.54) is 12.7 Å². The number of phenols is 1. The Kier molecular flexibility index (Phi) is 4.95. The van der Waals surface area contributed by atoms with Crippen LogP contribution in [0.4, 0.5) is 0 Å². The SMILES string of the molecule is CC=[N+]1C(=O)C=CC2=C1C[C@H]1C=C(C)C[C@]2([N+](Cl)=Cc2cccc(OC)c2O)C1. The molecule has 0 unspecified atom stereocenters. The van der Waals surface area contributed by atoms with Gasteiger partial charge in [0.15, 0.2) is 23.9 Å². The van der Waals surface area contributed by atoms with E-state index in [1.54, 1.807) is 33.1 Å². The average Bonchev–Trinajstić information content (AvgIpc) is 2.69. The molecule has 0 spiro atoms. The molecule has 150 valence electrons. The molecule has 2 atom stereocenters. The van der Waals surface area contributed by atoms with Gasteiger partial charge in [0.1, 0.15) is 0 Å². The number of benzene rings is 1. The minimum Gasteiger partial charge on any atom is -0.504 e. The lowest BCUT2D eigenvalue weighted by molar-refractivity contribution is -0.471. The fourth-order valence-electron chi connectivity index (χ4n) is 4.91. The first-order valence-corrected chi connectivity index (χ1v) is 10.1. The number of carbonyl (C=O) groups is 1. The van der Waals surface area contributed by atoms with Gasteiger partial charge in [-0.05, 0) is 31.1 Å². The normalized spacial score (nSPS) is 27.8. The predicted octanol–water partition coefficient (Wildman–Crippen LogP) is 3.94. The number of halogens is 1. The highest BCUT2D eigenvalue weighted by Crippen LogP contribution is 2.49. The van der Waals surface area contributed by atoms with Crippen LogP contribution in [0.5, 0.6) is 11.5 Å². The summed E-state index contributed by atoms with van der Waals surface area (Å²) in [6, 6.07) is 5.33. The number of carbonyl (C=O) groups excluding carboxylic acids is 1. The molecule has 0 aromatic heterocycles. The molecule has 0 saturated carbocycles. The summed E-state index contributed by atoms with van der Waals surface area (Å²) >= 11 is 6.95. The minimum atomic E-state index is -0.493. The predicted molar refractivity (Wildman–Crippen MR) is 113 cm³/mol. The Morgan fingerprint density at radius 2 is 2.17 bits per heavy atom. The molecule has 1 aromatic carbocycles. The number of ether oxygens (including phenoxy) is 1. The Morgan fingerprint density at radius 1 is 1.38 bits per heavy atom. The third kappa shape index (κ3) is 3.14. The lowest BCUT2D eigenvalue weighted by atomic mass is 9.66. The van der Waals surface area contributed by atoms with Gasteiger partial charge in [-0.15, -0.1) is 8.67 Å². The van der Waals surface area contributed by atoms with Crippen LogP contribution in [0.3, 0.4) is 0 Å². The monoisotopic (exact) mass is 412 g/mol. The largest absolute Gasteiger partial charge is 0.504 e. The van der Waals surface area contributed by atoms with Crippen molar-refractivity contribution in [2.45, 2.75) is 38.6 Å². The molecule has 4 rings (SSSR count). The highest BCUT2D eigenvalue weighted by atomic mass is 35.5. The Labute approximate surface area is 175 Å². The van der Waals surface area contributed by atoms with Gasteiger partial charge in [-0.3, -0.25) is 0 Å². The maximum absolute atomic E-state index is 12.4. The molecule has 5 nitrogen and oxygen atoms in total. The minimum absolute atomic E-state index is 0.0300. The van der Waals surface area contributed by atoms with E-state index in [0.29, 0.717) is 17.2 Å². The quantitative estimate of drug-likeness (QED) is 0.354. The molecule has 29 heavy (non-hydrogen) atoms. The van der Waals surface area contributed by atoms with Gasteiger partial charge >= 0.3 is 5.91 Å². The zero-order valence-electron chi connectivity index (χ0n) is 16.9. The molecule has 2 bridgehead atoms. The van der Waals surface area contributed by atoms with Crippen molar-refractivity contribution >= 4 is 30.1 Å². The number of para-hydroxylation sites is 1. The van der Waals surface area contributed by atoms with Gasteiger partial charge in [0.25, 0.3) is 11.8 Å². The fraction of sp³-hybridized carbons (Fsp3) is 0.348. The molecule has 0 saturated heterocycles. The van der Waals surface area contributed by atoms with Crippen molar-refractivity contribution in [3.8, 4) is 11.5 Å². The Hall–Kier alpha value is -2.66. The number of nitrogens with zero attached hydrogens (tertiary/aromatic N) is 2. The molecule has 1 aliphatic heterocycles. The van der Waals surface area contributed by atoms with Crippen LogP contribution >= 0.6 is 11.8 Å². The molecule has 1 heterocycles. The molecule has 0 radical (unpaired) electrons. The van der Waals surface area contributed by atoms with Crippen molar-refractivity contribution in [2.75, 3.05) is 7.11 Å². The van der Waals surface area contributed by atoms with Crippen molar-refractivity contribution in [2.24, 2.45) is 5.92 Å². The summed E-state index contributed by atoms with van der Waals surface area (Å²) in [6.45, 7) is 4.00. The summed E-state index contributed by atoms with van der Waals surface area (Å²) in [5.74, 6) is 0.729. The smallest absolute Gasteiger partial charge is 0.417 e. The standard InChI is InChI=1S/C23H24ClN2O3/c1-4-25-19-11-16-10-15(2)12-23(13-16,18(19)8-9-21(25)27)26(24)14-17-6-5-7-20(29-3)22(17)28/h4-10,14,16H,11-13H2,1-3H3/q+1/p+1/t16-,23+/m1/s1. The third-order valence-electron chi connectivity index (χ3n) is 6.05. The van der Waals surface area contributed by atoms with Gasteiger partial charge in [-0.25, -0.2) is 4.79 Å². The van der Waals surface area contributed by atoms with E-state index >= 15 is 0 Å². The summed E-state index contributed by atoms with van der Waals surface area (Å²) in [5.41, 5.74) is 3.44. The molecular weight excluding hydrogens is 388 g/mol. The Bertz CT molecular complexity index is 1050. The first-order valence-electron chi connectivity index (χ1n) is 9.77. The average molecular weight is 413 g/mol. The van der Waals surface area contributed by atoms with Crippen LogP contribution in [0.15, 0.2) is 53.3 Å². The number of hydrogen-bond acceptors (Lipinski definition) is 3. The number of aromatic hydroxyl groups is 1. The van der Waals surface area contributed by atoms with Crippen LogP contribution in [-0.4, -0.2) is 44.8 Å². The van der Waals surface area contributed by atoms with E-state index in [2.05, 4.69) is 13.0 Å². The van der Waals surface area contributed by atoms with Crippen molar-refractivity contribution < 1.29 is 23.3 Å². The molecule has 1 aromatic rings. The number of allylic oxidation sites excluding steroid dienone is 2. The number of rotatable bonds is 3. The van der Waals surface area contributed by atoms with Crippen LogP contribution in [0.25, 0.3) is 0 Å². The summed E-state index contributed by atoms with van der Waals surface area (Å²) < 4.78 is 8.65. The van der Waals surface area contributed by atoms with E-state index in [4.69, 9.17) is 16.5 Å². The van der Waals surface area contributed by atoms with E-state index in [1.807, 2.05) is 25.3 Å². The van der Waals surface area contributed by atoms with Gasteiger partial charge < -0.3 is 9.84 Å². The summed E-state index contributed by atoms with van der Waals surface area (Å²) in [4.78, 5) is 12.4. The molecule has 2 aliphatic carbocycles. The molecule has 1 amide bonds. The van der Waals surface area contributed by atoms with E-state index in [9.17, 15) is 9.90 Å². The van der Waals surface area contributed by atoms with E-state index < -0.39 is 5.54 Å². The summed E-state index contributed by atoms with van der Waals surface area (Å²) in [6.07, 6.45) is 11.8. The number of fused-ring (bicyclic) bond motifs is 3. The zero-order valence-corrected chi connectivity index (χ0v) is 17.6. The third-order valence-corrected chi connectivity index (χ3v) is 6.47. The van der Waals surface area contributed by atoms with Crippen molar-refractivity contribution in [1.82, 2.24) is 0 Å². The molecule has 0 fully saturated rings. The first-order chi connectivity index (χ1) is 13.9. The van der Waals surface area contributed by atoms with Crippen molar-refractivity contribution in [3.05, 3.63) is 58.8 Å². The summed E-state index contributed by atoms with van der Waals surface area (Å²) in [7, 11) is 1.52. The van der Waals surface area contributed by atoms with Gasteiger partial charge in [-0.1, -0.05) is 17.7 Å². The number of methoxy groups -OCH3 is 1. The molecule has 3 aliphatic rings. The van der Waals surface area contributed by atoms with Crippen LogP contribution in [0.1, 0.15) is 38.7 Å². The van der Waals surface area contributed by atoms with Gasteiger partial charge in [0.05, 0.1) is 24.3 Å². The maximum atomic E-state index is 12.4.